The Balaban J connectivity index is 2.64. The fourth-order valence-electron chi connectivity index (χ4n) is 1.87. The van der Waals surface area contributed by atoms with E-state index in [-0.39, 0.29) is 0 Å². The van der Waals surface area contributed by atoms with Crippen molar-refractivity contribution in [2.75, 3.05) is 0 Å². The first-order valence-electron chi connectivity index (χ1n) is 4.02. The van der Waals surface area contributed by atoms with Gasteiger partial charge >= 0.3 is 0 Å². The summed E-state index contributed by atoms with van der Waals surface area (Å²) in [4.78, 5) is 0. The van der Waals surface area contributed by atoms with Crippen LogP contribution in [0, 0.1) is 11.3 Å². The molecule has 1 aliphatic rings. The zero-order valence-corrected chi connectivity index (χ0v) is 7.09. The predicted molar refractivity (Wildman–Crippen MR) is 43.8 cm³/mol. The molecule has 1 rings (SSSR count). The highest BCUT2D eigenvalue weighted by Gasteiger charge is 2.33. The molecule has 0 aromatic rings. The number of nitriles is 1. The van der Waals surface area contributed by atoms with Crippen molar-refractivity contribution in [3.05, 3.63) is 0 Å². The van der Waals surface area contributed by atoms with E-state index in [4.69, 9.17) is 11.0 Å². The van der Waals surface area contributed by atoms with Gasteiger partial charge in [0.05, 0.1) is 6.07 Å². The van der Waals surface area contributed by atoms with E-state index in [0.29, 0.717) is 12.1 Å². The van der Waals surface area contributed by atoms with E-state index in [2.05, 4.69) is 25.2 Å². The second-order valence-corrected chi connectivity index (χ2v) is 3.64. The van der Waals surface area contributed by atoms with E-state index in [1.54, 1.807) is 0 Å². The van der Waals surface area contributed by atoms with Gasteiger partial charge in [0.1, 0.15) is 5.54 Å². The third kappa shape index (κ3) is 1.92. The van der Waals surface area contributed by atoms with Crippen LogP contribution in [0.1, 0.15) is 26.7 Å². The van der Waals surface area contributed by atoms with Crippen LogP contribution in [-0.4, -0.2) is 17.6 Å². The van der Waals surface area contributed by atoms with Crippen LogP contribution in [0.5, 0.6) is 0 Å². The number of piperidine rings is 1. The lowest BCUT2D eigenvalue weighted by Gasteiger charge is -2.36. The number of nitrogens with zero attached hydrogens (tertiary/aromatic N) is 1. The number of nitrogens with one attached hydrogen (secondary N) is 1. The molecule has 2 atom stereocenters. The van der Waals surface area contributed by atoms with Crippen LogP contribution >= 0.6 is 0 Å². The Kier molecular flexibility index (Phi) is 2.17. The number of rotatable bonds is 0. The molecule has 2 unspecified atom stereocenters. The van der Waals surface area contributed by atoms with Gasteiger partial charge in [0, 0.05) is 12.1 Å². The first kappa shape index (κ1) is 8.51. The molecule has 11 heavy (non-hydrogen) atoms. The van der Waals surface area contributed by atoms with Gasteiger partial charge in [-0.05, 0) is 26.7 Å². The molecule has 0 aliphatic carbocycles. The van der Waals surface area contributed by atoms with Crippen molar-refractivity contribution < 1.29 is 0 Å². The molecular weight excluding hydrogens is 138 g/mol. The van der Waals surface area contributed by atoms with Crippen molar-refractivity contribution in [1.29, 1.82) is 5.26 Å². The molecule has 1 heterocycles. The lowest BCUT2D eigenvalue weighted by Crippen LogP contribution is -2.55. The standard InChI is InChI=1S/C8H15N3/c1-6-3-8(10,5-9)4-7(2)11-6/h6-7,11H,3-4,10H2,1-2H3. The quantitative estimate of drug-likeness (QED) is 0.528. The molecule has 3 N–H and O–H groups in total. The minimum absolute atomic E-state index is 0.364. The summed E-state index contributed by atoms with van der Waals surface area (Å²) in [6.45, 7) is 4.13. The summed E-state index contributed by atoms with van der Waals surface area (Å²) in [5.74, 6) is 0. The molecule has 0 aromatic heterocycles. The van der Waals surface area contributed by atoms with E-state index in [9.17, 15) is 0 Å². The Morgan fingerprint density at radius 3 is 2.27 bits per heavy atom. The zero-order valence-electron chi connectivity index (χ0n) is 7.09. The van der Waals surface area contributed by atoms with E-state index in [1.807, 2.05) is 0 Å². The van der Waals surface area contributed by atoms with Crippen LogP contribution in [0.4, 0.5) is 0 Å². The third-order valence-electron chi connectivity index (χ3n) is 2.13. The van der Waals surface area contributed by atoms with Crippen LogP contribution in [0.25, 0.3) is 0 Å². The van der Waals surface area contributed by atoms with Gasteiger partial charge in [0.25, 0.3) is 0 Å². The van der Waals surface area contributed by atoms with Crippen molar-refractivity contribution in [2.45, 2.75) is 44.3 Å². The smallest absolute Gasteiger partial charge is 0.107 e. The largest absolute Gasteiger partial charge is 0.313 e. The van der Waals surface area contributed by atoms with Crippen molar-refractivity contribution in [3.8, 4) is 6.07 Å². The minimum Gasteiger partial charge on any atom is -0.313 e. The molecule has 0 saturated carbocycles. The lowest BCUT2D eigenvalue weighted by atomic mass is 9.84. The molecule has 62 valence electrons. The average molecular weight is 153 g/mol. The summed E-state index contributed by atoms with van der Waals surface area (Å²) in [5.41, 5.74) is 5.24. The zero-order chi connectivity index (χ0) is 8.48. The van der Waals surface area contributed by atoms with Gasteiger partial charge in [-0.3, -0.25) is 0 Å². The SMILES string of the molecule is CC1CC(N)(C#N)CC(C)N1. The average Bonchev–Trinajstić information content (AvgIpc) is 1.84. The molecule has 3 nitrogen and oxygen atoms in total. The molecule has 1 aliphatic heterocycles. The van der Waals surface area contributed by atoms with Crippen LogP contribution in [0.3, 0.4) is 0 Å². The molecule has 0 spiro atoms. The molecule has 1 saturated heterocycles. The Labute approximate surface area is 67.6 Å². The summed E-state index contributed by atoms with van der Waals surface area (Å²) in [6, 6.07) is 2.91. The Morgan fingerprint density at radius 2 is 1.91 bits per heavy atom. The number of nitrogens with two attached hydrogens (primary N) is 1. The van der Waals surface area contributed by atoms with Crippen molar-refractivity contribution in [1.82, 2.24) is 5.32 Å². The van der Waals surface area contributed by atoms with Gasteiger partial charge in [-0.2, -0.15) is 5.26 Å². The Morgan fingerprint density at radius 1 is 1.45 bits per heavy atom. The fourth-order valence-corrected chi connectivity index (χ4v) is 1.87. The van der Waals surface area contributed by atoms with Crippen LogP contribution < -0.4 is 11.1 Å². The van der Waals surface area contributed by atoms with Gasteiger partial charge in [-0.15, -0.1) is 0 Å². The molecule has 1 fully saturated rings. The second kappa shape index (κ2) is 2.80. The maximum atomic E-state index is 8.78. The van der Waals surface area contributed by atoms with Gasteiger partial charge in [-0.1, -0.05) is 0 Å². The normalized spacial score (nSPS) is 44.9. The Bertz CT molecular complexity index is 172. The number of hydrogen-bond donors (Lipinski definition) is 2. The van der Waals surface area contributed by atoms with Gasteiger partial charge in [0.2, 0.25) is 0 Å². The predicted octanol–water partition coefficient (Wildman–Crippen LogP) is 0.368. The first-order chi connectivity index (χ1) is 5.06. The van der Waals surface area contributed by atoms with Crippen LogP contribution in [-0.2, 0) is 0 Å². The maximum Gasteiger partial charge on any atom is 0.107 e. The minimum atomic E-state index is -0.593. The molecule has 0 amide bonds. The topological polar surface area (TPSA) is 61.8 Å². The first-order valence-corrected chi connectivity index (χ1v) is 4.02. The van der Waals surface area contributed by atoms with Crippen molar-refractivity contribution >= 4 is 0 Å². The molecule has 0 radical (unpaired) electrons. The van der Waals surface area contributed by atoms with Gasteiger partial charge < -0.3 is 11.1 Å². The van der Waals surface area contributed by atoms with E-state index < -0.39 is 5.54 Å². The summed E-state index contributed by atoms with van der Waals surface area (Å²) in [6.07, 6.45) is 1.52. The Hall–Kier alpha value is -0.590. The van der Waals surface area contributed by atoms with Gasteiger partial charge in [0.15, 0.2) is 0 Å². The molecule has 0 aromatic carbocycles. The highest BCUT2D eigenvalue weighted by molar-refractivity contribution is 5.10. The summed E-state index contributed by atoms with van der Waals surface area (Å²) >= 11 is 0. The molecule has 0 bridgehead atoms. The van der Waals surface area contributed by atoms with Crippen LogP contribution in [0.2, 0.25) is 0 Å². The van der Waals surface area contributed by atoms with E-state index >= 15 is 0 Å². The lowest BCUT2D eigenvalue weighted by molar-refractivity contribution is 0.269. The third-order valence-corrected chi connectivity index (χ3v) is 2.13. The second-order valence-electron chi connectivity index (χ2n) is 3.64. The highest BCUT2D eigenvalue weighted by atomic mass is 15.0. The number of hydrogen-bond acceptors (Lipinski definition) is 3. The van der Waals surface area contributed by atoms with E-state index in [0.717, 1.165) is 12.8 Å². The van der Waals surface area contributed by atoms with Crippen molar-refractivity contribution in [2.24, 2.45) is 5.73 Å². The summed E-state index contributed by atoms with van der Waals surface area (Å²) < 4.78 is 0. The molecule has 3 heteroatoms. The summed E-state index contributed by atoms with van der Waals surface area (Å²) in [5, 5.41) is 12.1. The van der Waals surface area contributed by atoms with Crippen LogP contribution in [0.15, 0.2) is 0 Å². The monoisotopic (exact) mass is 153 g/mol. The van der Waals surface area contributed by atoms with Gasteiger partial charge in [-0.25, -0.2) is 0 Å². The maximum absolute atomic E-state index is 8.78. The van der Waals surface area contributed by atoms with E-state index in [1.165, 1.54) is 0 Å². The summed E-state index contributed by atoms with van der Waals surface area (Å²) in [7, 11) is 0. The highest BCUT2D eigenvalue weighted by Crippen LogP contribution is 2.21. The van der Waals surface area contributed by atoms with Crippen molar-refractivity contribution in [3.63, 3.8) is 0 Å². The molecular formula is C8H15N3. The fraction of sp³-hybridized carbons (Fsp3) is 0.875.